The van der Waals surface area contributed by atoms with E-state index in [1.165, 1.54) is 11.3 Å². The van der Waals surface area contributed by atoms with Crippen molar-refractivity contribution in [1.29, 1.82) is 0 Å². The van der Waals surface area contributed by atoms with Crippen LogP contribution >= 0.6 is 27.3 Å². The first-order valence-corrected chi connectivity index (χ1v) is 6.49. The number of aromatic carboxylic acids is 1. The number of rotatable bonds is 2. The van der Waals surface area contributed by atoms with E-state index < -0.39 is 5.97 Å². The van der Waals surface area contributed by atoms with Crippen LogP contribution in [0.25, 0.3) is 10.4 Å². The molecule has 2 aromatic rings. The molecule has 17 heavy (non-hydrogen) atoms. The highest BCUT2D eigenvalue weighted by Gasteiger charge is 2.14. The van der Waals surface area contributed by atoms with Crippen molar-refractivity contribution in [2.45, 2.75) is 6.92 Å². The van der Waals surface area contributed by atoms with Crippen LogP contribution in [0.5, 0.6) is 0 Å². The fourth-order valence-corrected chi connectivity index (χ4v) is 2.67. The van der Waals surface area contributed by atoms with Crippen LogP contribution in [0.1, 0.15) is 15.2 Å². The molecule has 0 aliphatic carbocycles. The fourth-order valence-electron chi connectivity index (χ4n) is 1.51. The molecule has 0 unspecified atom stereocenters. The van der Waals surface area contributed by atoms with Gasteiger partial charge in [-0.1, -0.05) is 22.0 Å². The van der Waals surface area contributed by atoms with Crippen LogP contribution in [0.3, 0.4) is 0 Å². The molecule has 0 aliphatic heterocycles. The Hall–Kier alpha value is -1.33. The summed E-state index contributed by atoms with van der Waals surface area (Å²) in [6, 6.07) is 7.59. The Labute approximate surface area is 111 Å². The van der Waals surface area contributed by atoms with Crippen molar-refractivity contribution < 1.29 is 9.90 Å². The maximum absolute atomic E-state index is 10.9. The molecule has 0 amide bonds. The number of thiophene rings is 1. The second-order valence-electron chi connectivity index (χ2n) is 3.66. The Morgan fingerprint density at radius 3 is 2.65 bits per heavy atom. The quantitative estimate of drug-likeness (QED) is 0.887. The molecule has 1 aromatic heterocycles. The molecule has 0 spiro atoms. The summed E-state index contributed by atoms with van der Waals surface area (Å²) in [4.78, 5) is 12.0. The maximum Gasteiger partial charge on any atom is 0.348 e. The van der Waals surface area contributed by atoms with Crippen molar-refractivity contribution in [2.24, 2.45) is 0 Å². The van der Waals surface area contributed by atoms with Crippen LogP contribution in [-0.4, -0.2) is 11.1 Å². The van der Waals surface area contributed by atoms with E-state index in [-0.39, 0.29) is 4.88 Å². The van der Waals surface area contributed by atoms with Crippen molar-refractivity contribution in [2.75, 3.05) is 5.73 Å². The zero-order valence-corrected chi connectivity index (χ0v) is 11.4. The highest BCUT2D eigenvalue weighted by molar-refractivity contribution is 9.10. The van der Waals surface area contributed by atoms with E-state index in [0.29, 0.717) is 5.69 Å². The highest BCUT2D eigenvalue weighted by Crippen LogP contribution is 2.34. The molecule has 88 valence electrons. The van der Waals surface area contributed by atoms with Gasteiger partial charge in [0.1, 0.15) is 4.88 Å². The standard InChI is InChI=1S/C12H10BrNO2S/c1-6-4-7(2-3-8(6)13)10-5-9(14)11(17-10)12(15)16/h2-5H,14H2,1H3,(H,15,16). The Morgan fingerprint density at radius 2 is 2.12 bits per heavy atom. The van der Waals surface area contributed by atoms with Gasteiger partial charge in [0, 0.05) is 9.35 Å². The zero-order valence-electron chi connectivity index (χ0n) is 9.03. The van der Waals surface area contributed by atoms with Crippen LogP contribution < -0.4 is 5.73 Å². The van der Waals surface area contributed by atoms with E-state index >= 15 is 0 Å². The van der Waals surface area contributed by atoms with Gasteiger partial charge in [0.25, 0.3) is 0 Å². The maximum atomic E-state index is 10.9. The Kier molecular flexibility index (Phi) is 3.22. The van der Waals surface area contributed by atoms with Gasteiger partial charge in [0.05, 0.1) is 5.69 Å². The molecule has 0 bridgehead atoms. The molecule has 5 heteroatoms. The molecule has 3 nitrogen and oxygen atoms in total. The lowest BCUT2D eigenvalue weighted by atomic mass is 10.1. The number of carboxylic acid groups (broad SMARTS) is 1. The number of nitrogen functional groups attached to an aromatic ring is 1. The summed E-state index contributed by atoms with van der Waals surface area (Å²) in [5.74, 6) is -0.979. The van der Waals surface area contributed by atoms with Crippen molar-refractivity contribution >= 4 is 38.9 Å². The van der Waals surface area contributed by atoms with Gasteiger partial charge in [-0.15, -0.1) is 11.3 Å². The number of nitrogens with two attached hydrogens (primary N) is 1. The van der Waals surface area contributed by atoms with E-state index in [1.54, 1.807) is 6.07 Å². The first kappa shape index (κ1) is 12.1. The lowest BCUT2D eigenvalue weighted by molar-refractivity contribution is 0.0703. The summed E-state index contributed by atoms with van der Waals surface area (Å²) in [6.07, 6.45) is 0. The SMILES string of the molecule is Cc1cc(-c2cc(N)c(C(=O)O)s2)ccc1Br. The minimum atomic E-state index is -0.979. The number of aryl methyl sites for hydroxylation is 1. The summed E-state index contributed by atoms with van der Waals surface area (Å²) < 4.78 is 1.03. The number of benzene rings is 1. The van der Waals surface area contributed by atoms with Gasteiger partial charge in [0.15, 0.2) is 0 Å². The van der Waals surface area contributed by atoms with Crippen molar-refractivity contribution in [3.63, 3.8) is 0 Å². The number of hydrogen-bond acceptors (Lipinski definition) is 3. The molecule has 0 atom stereocenters. The monoisotopic (exact) mass is 311 g/mol. The molecule has 0 saturated heterocycles. The molecular weight excluding hydrogens is 302 g/mol. The second-order valence-corrected chi connectivity index (χ2v) is 5.57. The fraction of sp³-hybridized carbons (Fsp3) is 0.0833. The van der Waals surface area contributed by atoms with Gasteiger partial charge in [-0.25, -0.2) is 4.79 Å². The predicted octanol–water partition coefficient (Wildman–Crippen LogP) is 3.77. The minimum absolute atomic E-state index is 0.195. The van der Waals surface area contributed by atoms with Crippen LogP contribution in [0.15, 0.2) is 28.7 Å². The largest absolute Gasteiger partial charge is 0.477 e. The molecule has 0 aliphatic rings. The first-order chi connectivity index (χ1) is 7.99. The van der Waals surface area contributed by atoms with Crippen LogP contribution in [-0.2, 0) is 0 Å². The van der Waals surface area contributed by atoms with Gasteiger partial charge in [-0.2, -0.15) is 0 Å². The molecule has 0 fully saturated rings. The van der Waals surface area contributed by atoms with Crippen molar-refractivity contribution in [1.82, 2.24) is 0 Å². The van der Waals surface area contributed by atoms with Gasteiger partial charge in [-0.3, -0.25) is 0 Å². The van der Waals surface area contributed by atoms with Crippen LogP contribution in [0.2, 0.25) is 0 Å². The van der Waals surface area contributed by atoms with E-state index in [2.05, 4.69) is 15.9 Å². The van der Waals surface area contributed by atoms with Crippen molar-refractivity contribution in [3.05, 3.63) is 39.2 Å². The smallest absolute Gasteiger partial charge is 0.348 e. The van der Waals surface area contributed by atoms with Gasteiger partial charge in [0.2, 0.25) is 0 Å². The number of halogens is 1. The summed E-state index contributed by atoms with van der Waals surface area (Å²) in [5.41, 5.74) is 8.07. The lowest BCUT2D eigenvalue weighted by Gasteiger charge is -2.01. The van der Waals surface area contributed by atoms with E-state index in [1.807, 2.05) is 25.1 Å². The summed E-state index contributed by atoms with van der Waals surface area (Å²) in [5, 5.41) is 8.95. The molecule has 1 aromatic carbocycles. The minimum Gasteiger partial charge on any atom is -0.477 e. The van der Waals surface area contributed by atoms with Gasteiger partial charge < -0.3 is 10.8 Å². The molecule has 0 radical (unpaired) electrons. The van der Waals surface area contributed by atoms with E-state index in [4.69, 9.17) is 10.8 Å². The first-order valence-electron chi connectivity index (χ1n) is 4.88. The third kappa shape index (κ3) is 2.35. The highest BCUT2D eigenvalue weighted by atomic mass is 79.9. The molecular formula is C12H10BrNO2S. The van der Waals surface area contributed by atoms with E-state index in [9.17, 15) is 4.79 Å². The molecule has 3 N–H and O–H groups in total. The van der Waals surface area contributed by atoms with Crippen LogP contribution in [0, 0.1) is 6.92 Å². The predicted molar refractivity (Wildman–Crippen MR) is 73.6 cm³/mol. The summed E-state index contributed by atoms with van der Waals surface area (Å²) in [7, 11) is 0. The van der Waals surface area contributed by atoms with Gasteiger partial charge >= 0.3 is 5.97 Å². The number of carbonyl (C=O) groups is 1. The third-order valence-electron chi connectivity index (χ3n) is 2.40. The molecule has 1 heterocycles. The Balaban J connectivity index is 2.50. The van der Waals surface area contributed by atoms with Crippen molar-refractivity contribution in [3.8, 4) is 10.4 Å². The van der Waals surface area contributed by atoms with E-state index in [0.717, 1.165) is 20.5 Å². The zero-order chi connectivity index (χ0) is 12.6. The average Bonchev–Trinajstić information content (AvgIpc) is 2.64. The topological polar surface area (TPSA) is 63.3 Å². The summed E-state index contributed by atoms with van der Waals surface area (Å²) in [6.45, 7) is 1.99. The number of carboxylic acids is 1. The average molecular weight is 312 g/mol. The third-order valence-corrected chi connectivity index (χ3v) is 4.48. The lowest BCUT2D eigenvalue weighted by Crippen LogP contribution is -1.96. The number of hydrogen-bond donors (Lipinski definition) is 2. The number of anilines is 1. The Bertz CT molecular complexity index is 592. The molecule has 2 rings (SSSR count). The Morgan fingerprint density at radius 1 is 1.41 bits per heavy atom. The van der Waals surface area contributed by atoms with Crippen LogP contribution in [0.4, 0.5) is 5.69 Å². The normalized spacial score (nSPS) is 10.5. The second kappa shape index (κ2) is 4.50. The van der Waals surface area contributed by atoms with Gasteiger partial charge in [-0.05, 0) is 36.2 Å². The summed E-state index contributed by atoms with van der Waals surface area (Å²) >= 11 is 4.62. The molecule has 0 saturated carbocycles.